The van der Waals surface area contributed by atoms with E-state index in [-0.39, 0.29) is 0 Å². The van der Waals surface area contributed by atoms with Gasteiger partial charge in [0, 0.05) is 0 Å². The SMILES string of the molecule is C[C@H](O)C[C@@H](O)Cc1ccccc1. The lowest BCUT2D eigenvalue weighted by Crippen LogP contribution is -2.17. The van der Waals surface area contributed by atoms with Crippen LogP contribution in [0.15, 0.2) is 30.3 Å². The maximum atomic E-state index is 9.51. The summed E-state index contributed by atoms with van der Waals surface area (Å²) in [6, 6.07) is 9.80. The van der Waals surface area contributed by atoms with Crippen molar-refractivity contribution in [1.82, 2.24) is 0 Å². The molecule has 72 valence electrons. The molecular weight excluding hydrogens is 164 g/mol. The Bertz CT molecular complexity index is 231. The van der Waals surface area contributed by atoms with Gasteiger partial charge < -0.3 is 10.2 Å². The van der Waals surface area contributed by atoms with Crippen molar-refractivity contribution in [3.63, 3.8) is 0 Å². The second-order valence-corrected chi connectivity index (χ2v) is 3.43. The summed E-state index contributed by atoms with van der Waals surface area (Å²) < 4.78 is 0. The van der Waals surface area contributed by atoms with Gasteiger partial charge in [0.15, 0.2) is 0 Å². The molecule has 1 aromatic rings. The first-order valence-electron chi connectivity index (χ1n) is 4.58. The molecule has 0 aliphatic carbocycles. The van der Waals surface area contributed by atoms with E-state index in [1.165, 1.54) is 0 Å². The number of hydrogen-bond donors (Lipinski definition) is 2. The van der Waals surface area contributed by atoms with Crippen LogP contribution in [-0.2, 0) is 6.42 Å². The number of aliphatic hydroxyl groups excluding tert-OH is 2. The predicted octanol–water partition coefficient (Wildman–Crippen LogP) is 1.36. The molecule has 2 nitrogen and oxygen atoms in total. The Kier molecular flexibility index (Phi) is 3.93. The van der Waals surface area contributed by atoms with Gasteiger partial charge in [-0.15, -0.1) is 0 Å². The van der Waals surface area contributed by atoms with Crippen molar-refractivity contribution < 1.29 is 10.2 Å². The van der Waals surface area contributed by atoms with Crippen LogP contribution in [0.1, 0.15) is 18.9 Å². The van der Waals surface area contributed by atoms with Crippen LogP contribution in [0.5, 0.6) is 0 Å². The summed E-state index contributed by atoms with van der Waals surface area (Å²) in [6.45, 7) is 1.69. The number of aliphatic hydroxyl groups is 2. The summed E-state index contributed by atoms with van der Waals surface area (Å²) in [5.41, 5.74) is 1.11. The summed E-state index contributed by atoms with van der Waals surface area (Å²) in [6.07, 6.45) is 0.182. The maximum Gasteiger partial charge on any atom is 0.0605 e. The lowest BCUT2D eigenvalue weighted by atomic mass is 10.0. The molecule has 0 heterocycles. The van der Waals surface area contributed by atoms with Gasteiger partial charge >= 0.3 is 0 Å². The van der Waals surface area contributed by atoms with Crippen LogP contribution in [0.2, 0.25) is 0 Å². The number of hydrogen-bond acceptors (Lipinski definition) is 2. The van der Waals surface area contributed by atoms with E-state index in [9.17, 15) is 5.11 Å². The Morgan fingerprint density at radius 2 is 1.77 bits per heavy atom. The smallest absolute Gasteiger partial charge is 0.0605 e. The van der Waals surface area contributed by atoms with E-state index in [2.05, 4.69) is 0 Å². The molecule has 0 bridgehead atoms. The third-order valence-electron chi connectivity index (χ3n) is 1.93. The maximum absolute atomic E-state index is 9.51. The first-order valence-corrected chi connectivity index (χ1v) is 4.58. The minimum atomic E-state index is -0.442. The fraction of sp³-hybridized carbons (Fsp3) is 0.455. The zero-order chi connectivity index (χ0) is 9.68. The highest BCUT2D eigenvalue weighted by molar-refractivity contribution is 5.15. The van der Waals surface area contributed by atoms with Crippen molar-refractivity contribution in [3.8, 4) is 0 Å². The first kappa shape index (κ1) is 10.2. The van der Waals surface area contributed by atoms with Gasteiger partial charge in [0.05, 0.1) is 12.2 Å². The summed E-state index contributed by atoms with van der Waals surface area (Å²) in [4.78, 5) is 0. The minimum absolute atomic E-state index is 0.432. The third-order valence-corrected chi connectivity index (χ3v) is 1.93. The van der Waals surface area contributed by atoms with Crippen LogP contribution in [0.4, 0.5) is 0 Å². The molecule has 0 aliphatic rings. The average molecular weight is 180 g/mol. The van der Waals surface area contributed by atoms with Crippen molar-refractivity contribution in [2.45, 2.75) is 32.0 Å². The Morgan fingerprint density at radius 1 is 1.15 bits per heavy atom. The number of benzene rings is 1. The minimum Gasteiger partial charge on any atom is -0.393 e. The van der Waals surface area contributed by atoms with Crippen LogP contribution in [0, 0.1) is 0 Å². The molecule has 0 saturated heterocycles. The molecule has 1 rings (SSSR count). The van der Waals surface area contributed by atoms with Crippen LogP contribution in [0.25, 0.3) is 0 Å². The Balaban J connectivity index is 2.41. The van der Waals surface area contributed by atoms with Gasteiger partial charge in [-0.3, -0.25) is 0 Å². The third kappa shape index (κ3) is 4.06. The molecule has 0 aliphatic heterocycles. The molecule has 0 unspecified atom stereocenters. The molecule has 2 heteroatoms. The molecule has 13 heavy (non-hydrogen) atoms. The molecule has 0 spiro atoms. The standard InChI is InChI=1S/C11H16O2/c1-9(12)7-11(13)8-10-5-3-2-4-6-10/h2-6,9,11-13H,7-8H2,1H3/t9-,11+/m0/s1. The quantitative estimate of drug-likeness (QED) is 0.734. The average Bonchev–Trinajstić information content (AvgIpc) is 2.04. The zero-order valence-corrected chi connectivity index (χ0v) is 7.85. The van der Waals surface area contributed by atoms with Crippen molar-refractivity contribution in [3.05, 3.63) is 35.9 Å². The van der Waals surface area contributed by atoms with Crippen LogP contribution >= 0.6 is 0 Å². The van der Waals surface area contributed by atoms with Gasteiger partial charge in [0.2, 0.25) is 0 Å². The fourth-order valence-corrected chi connectivity index (χ4v) is 1.36. The van der Waals surface area contributed by atoms with Crippen molar-refractivity contribution in [1.29, 1.82) is 0 Å². The van der Waals surface area contributed by atoms with Gasteiger partial charge in [-0.05, 0) is 25.3 Å². The molecule has 2 N–H and O–H groups in total. The summed E-state index contributed by atoms with van der Waals surface area (Å²) >= 11 is 0. The van der Waals surface area contributed by atoms with Crippen LogP contribution in [0.3, 0.4) is 0 Å². The molecule has 1 aromatic carbocycles. The van der Waals surface area contributed by atoms with Crippen LogP contribution < -0.4 is 0 Å². The van der Waals surface area contributed by atoms with E-state index >= 15 is 0 Å². The van der Waals surface area contributed by atoms with E-state index in [0.29, 0.717) is 12.8 Å². The summed E-state index contributed by atoms with van der Waals surface area (Å²) in [5, 5.41) is 18.6. The molecule has 0 aromatic heterocycles. The van der Waals surface area contributed by atoms with E-state index in [4.69, 9.17) is 5.11 Å². The zero-order valence-electron chi connectivity index (χ0n) is 7.85. The largest absolute Gasteiger partial charge is 0.393 e. The van der Waals surface area contributed by atoms with Gasteiger partial charge in [-0.2, -0.15) is 0 Å². The highest BCUT2D eigenvalue weighted by atomic mass is 16.3. The van der Waals surface area contributed by atoms with Gasteiger partial charge in [0.1, 0.15) is 0 Å². The van der Waals surface area contributed by atoms with Crippen molar-refractivity contribution in [2.24, 2.45) is 0 Å². The van der Waals surface area contributed by atoms with E-state index in [1.807, 2.05) is 30.3 Å². The lowest BCUT2D eigenvalue weighted by Gasteiger charge is -2.11. The Morgan fingerprint density at radius 3 is 2.31 bits per heavy atom. The monoisotopic (exact) mass is 180 g/mol. The summed E-state index contributed by atoms with van der Waals surface area (Å²) in [7, 11) is 0. The Hall–Kier alpha value is -0.860. The van der Waals surface area contributed by atoms with Gasteiger partial charge in [-0.25, -0.2) is 0 Å². The van der Waals surface area contributed by atoms with E-state index < -0.39 is 12.2 Å². The summed E-state index contributed by atoms with van der Waals surface area (Å²) in [5.74, 6) is 0. The fourth-order valence-electron chi connectivity index (χ4n) is 1.36. The normalized spacial score (nSPS) is 15.3. The number of rotatable bonds is 4. The van der Waals surface area contributed by atoms with Gasteiger partial charge in [0.25, 0.3) is 0 Å². The second-order valence-electron chi connectivity index (χ2n) is 3.43. The van der Waals surface area contributed by atoms with Gasteiger partial charge in [-0.1, -0.05) is 30.3 Å². The van der Waals surface area contributed by atoms with Crippen molar-refractivity contribution in [2.75, 3.05) is 0 Å². The topological polar surface area (TPSA) is 40.5 Å². The Labute approximate surface area is 78.8 Å². The van der Waals surface area contributed by atoms with Crippen molar-refractivity contribution >= 4 is 0 Å². The molecule has 0 saturated carbocycles. The van der Waals surface area contributed by atoms with E-state index in [1.54, 1.807) is 6.92 Å². The second kappa shape index (κ2) is 5.00. The molecule has 0 fully saturated rings. The highest BCUT2D eigenvalue weighted by Gasteiger charge is 2.08. The van der Waals surface area contributed by atoms with Crippen LogP contribution in [-0.4, -0.2) is 22.4 Å². The predicted molar refractivity (Wildman–Crippen MR) is 52.5 cm³/mol. The first-order chi connectivity index (χ1) is 6.18. The molecule has 0 amide bonds. The molecule has 2 atom stereocenters. The van der Waals surface area contributed by atoms with E-state index in [0.717, 1.165) is 5.56 Å². The highest BCUT2D eigenvalue weighted by Crippen LogP contribution is 2.07. The molecule has 0 radical (unpaired) electrons. The lowest BCUT2D eigenvalue weighted by molar-refractivity contribution is 0.0909. The molecular formula is C11H16O2.